The highest BCUT2D eigenvalue weighted by atomic mass is 35.5. The van der Waals surface area contributed by atoms with Crippen LogP contribution in [-0.2, 0) is 16.0 Å². The molecular formula is C25H28ClN3O4. The van der Waals surface area contributed by atoms with Gasteiger partial charge in [-0.3, -0.25) is 9.69 Å². The number of rotatable bonds is 4. The molecule has 3 aliphatic rings. The molecule has 7 nitrogen and oxygen atoms in total. The van der Waals surface area contributed by atoms with Crippen molar-refractivity contribution in [3.05, 3.63) is 64.7 Å². The minimum absolute atomic E-state index is 0.0211. The van der Waals surface area contributed by atoms with E-state index in [1.165, 1.54) is 0 Å². The summed E-state index contributed by atoms with van der Waals surface area (Å²) in [6, 6.07) is 14.9. The maximum absolute atomic E-state index is 13.2. The van der Waals surface area contributed by atoms with Crippen molar-refractivity contribution in [2.45, 2.75) is 31.6 Å². The minimum atomic E-state index is -0.508. The second-order valence-corrected chi connectivity index (χ2v) is 9.22. The highest BCUT2D eigenvalue weighted by Crippen LogP contribution is 2.32. The molecular weight excluding hydrogens is 442 g/mol. The maximum Gasteiger partial charge on any atom is 0.324 e. The Morgan fingerprint density at radius 3 is 2.42 bits per heavy atom. The van der Waals surface area contributed by atoms with Gasteiger partial charge >= 0.3 is 6.03 Å². The lowest BCUT2D eigenvalue weighted by molar-refractivity contribution is -0.181. The van der Waals surface area contributed by atoms with Gasteiger partial charge in [-0.05, 0) is 42.3 Å². The Bertz CT molecular complexity index is 1010. The first-order valence-corrected chi connectivity index (χ1v) is 11.9. The van der Waals surface area contributed by atoms with Crippen LogP contribution in [0.2, 0.25) is 5.02 Å². The Labute approximate surface area is 198 Å². The topological polar surface area (TPSA) is 62.3 Å². The van der Waals surface area contributed by atoms with Gasteiger partial charge in [0.1, 0.15) is 0 Å². The van der Waals surface area contributed by atoms with Gasteiger partial charge in [-0.25, -0.2) is 4.79 Å². The van der Waals surface area contributed by atoms with Crippen molar-refractivity contribution in [3.63, 3.8) is 0 Å². The van der Waals surface area contributed by atoms with Crippen LogP contribution in [0.3, 0.4) is 0 Å². The lowest BCUT2D eigenvalue weighted by Gasteiger charge is -2.38. The zero-order chi connectivity index (χ0) is 22.8. The summed E-state index contributed by atoms with van der Waals surface area (Å²) in [5, 5.41) is 0.680. The fraction of sp³-hybridized carbons (Fsp3) is 0.440. The molecule has 0 aliphatic carbocycles. The molecule has 1 spiro atoms. The number of hydrogen-bond acceptors (Lipinski definition) is 4. The first kappa shape index (κ1) is 22.2. The molecule has 0 unspecified atom stereocenters. The molecule has 0 radical (unpaired) electrons. The molecule has 0 atom stereocenters. The fourth-order valence-electron chi connectivity index (χ4n) is 4.80. The third kappa shape index (κ3) is 4.71. The summed E-state index contributed by atoms with van der Waals surface area (Å²) in [6.45, 7) is 4.31. The number of amides is 3. The van der Waals surface area contributed by atoms with Crippen LogP contribution in [0.25, 0.3) is 0 Å². The second kappa shape index (κ2) is 9.33. The van der Waals surface area contributed by atoms with Crippen molar-refractivity contribution >= 4 is 29.2 Å². The molecule has 8 heteroatoms. The SMILES string of the molecule is O=C(c1cccc(N2CCCN(Cc3ccc(Cl)cc3)C2=O)c1)N1CCC2(CC1)OCCO2. The average molecular weight is 470 g/mol. The zero-order valence-corrected chi connectivity index (χ0v) is 19.3. The van der Waals surface area contributed by atoms with E-state index in [0.717, 1.165) is 17.7 Å². The molecule has 0 N–H and O–H groups in total. The molecule has 0 saturated carbocycles. The standard InChI is InChI=1S/C25H28ClN3O4/c26-21-7-5-19(6-8-21)18-28-11-2-12-29(24(28)31)22-4-1-3-20(17-22)23(30)27-13-9-25(10-14-27)32-15-16-33-25/h1,3-8,17H,2,9-16,18H2. The van der Waals surface area contributed by atoms with Gasteiger partial charge in [0.15, 0.2) is 5.79 Å². The average Bonchev–Trinajstić information content (AvgIpc) is 3.30. The summed E-state index contributed by atoms with van der Waals surface area (Å²) in [4.78, 5) is 31.9. The van der Waals surface area contributed by atoms with Gasteiger partial charge in [0.05, 0.1) is 13.2 Å². The number of nitrogens with zero attached hydrogens (tertiary/aromatic N) is 3. The monoisotopic (exact) mass is 469 g/mol. The molecule has 0 aromatic heterocycles. The van der Waals surface area contributed by atoms with Gasteiger partial charge < -0.3 is 19.3 Å². The Morgan fingerprint density at radius 2 is 1.70 bits per heavy atom. The summed E-state index contributed by atoms with van der Waals surface area (Å²) < 4.78 is 11.5. The predicted molar refractivity (Wildman–Crippen MR) is 125 cm³/mol. The summed E-state index contributed by atoms with van der Waals surface area (Å²) in [6.07, 6.45) is 2.23. The summed E-state index contributed by atoms with van der Waals surface area (Å²) in [5.41, 5.74) is 2.39. The number of urea groups is 1. The Morgan fingerprint density at radius 1 is 0.970 bits per heavy atom. The Balaban J connectivity index is 1.26. The molecule has 0 bridgehead atoms. The van der Waals surface area contributed by atoms with E-state index in [0.29, 0.717) is 69.4 Å². The van der Waals surface area contributed by atoms with Crippen LogP contribution in [0, 0.1) is 0 Å². The highest BCUT2D eigenvalue weighted by molar-refractivity contribution is 6.30. The van der Waals surface area contributed by atoms with Gasteiger partial charge in [0, 0.05) is 61.8 Å². The number of anilines is 1. The molecule has 33 heavy (non-hydrogen) atoms. The molecule has 3 amide bonds. The molecule has 2 aromatic carbocycles. The van der Waals surface area contributed by atoms with Gasteiger partial charge in [0.25, 0.3) is 5.91 Å². The van der Waals surface area contributed by atoms with Crippen LogP contribution >= 0.6 is 11.6 Å². The van der Waals surface area contributed by atoms with Gasteiger partial charge in [-0.15, -0.1) is 0 Å². The quantitative estimate of drug-likeness (QED) is 0.674. The third-order valence-corrected chi connectivity index (χ3v) is 6.88. The van der Waals surface area contributed by atoms with Crippen molar-refractivity contribution in [1.82, 2.24) is 9.80 Å². The van der Waals surface area contributed by atoms with E-state index >= 15 is 0 Å². The molecule has 2 aromatic rings. The van der Waals surface area contributed by atoms with Gasteiger partial charge in [-0.2, -0.15) is 0 Å². The predicted octanol–water partition coefficient (Wildman–Crippen LogP) is 4.15. The number of likely N-dealkylation sites (tertiary alicyclic amines) is 1. The normalized spacial score (nSPS) is 20.5. The minimum Gasteiger partial charge on any atom is -0.347 e. The fourth-order valence-corrected chi connectivity index (χ4v) is 4.93. The number of benzene rings is 2. The Hall–Kier alpha value is -2.61. The Kier molecular flexibility index (Phi) is 6.27. The molecule has 3 fully saturated rings. The summed E-state index contributed by atoms with van der Waals surface area (Å²) >= 11 is 5.98. The number of carbonyl (C=O) groups is 2. The van der Waals surface area contributed by atoms with Crippen LogP contribution in [0.5, 0.6) is 0 Å². The lowest BCUT2D eigenvalue weighted by atomic mass is 10.0. The van der Waals surface area contributed by atoms with Crippen molar-refractivity contribution in [2.75, 3.05) is 44.3 Å². The van der Waals surface area contributed by atoms with E-state index in [1.54, 1.807) is 4.90 Å². The van der Waals surface area contributed by atoms with Gasteiger partial charge in [-0.1, -0.05) is 29.8 Å². The van der Waals surface area contributed by atoms with Crippen molar-refractivity contribution in [1.29, 1.82) is 0 Å². The first-order chi connectivity index (χ1) is 16.0. The van der Waals surface area contributed by atoms with E-state index in [9.17, 15) is 9.59 Å². The zero-order valence-electron chi connectivity index (χ0n) is 18.5. The van der Waals surface area contributed by atoms with Crippen molar-refractivity contribution in [2.24, 2.45) is 0 Å². The number of halogens is 1. The lowest BCUT2D eigenvalue weighted by Crippen LogP contribution is -2.49. The number of hydrogen-bond donors (Lipinski definition) is 0. The molecule has 3 heterocycles. The van der Waals surface area contributed by atoms with Crippen LogP contribution < -0.4 is 4.90 Å². The van der Waals surface area contributed by atoms with Crippen molar-refractivity contribution < 1.29 is 19.1 Å². The second-order valence-electron chi connectivity index (χ2n) is 8.79. The van der Waals surface area contributed by atoms with Gasteiger partial charge in [0.2, 0.25) is 0 Å². The van der Waals surface area contributed by atoms with E-state index < -0.39 is 5.79 Å². The summed E-state index contributed by atoms with van der Waals surface area (Å²) in [7, 11) is 0. The van der Waals surface area contributed by atoms with Crippen LogP contribution in [0.4, 0.5) is 10.5 Å². The molecule has 174 valence electrons. The number of piperidine rings is 1. The van der Waals surface area contributed by atoms with Crippen LogP contribution in [0.1, 0.15) is 35.2 Å². The number of ether oxygens (including phenoxy) is 2. The maximum atomic E-state index is 13.2. The largest absolute Gasteiger partial charge is 0.347 e. The van der Waals surface area contributed by atoms with Crippen LogP contribution in [-0.4, -0.2) is 66.9 Å². The molecule has 3 aliphatic heterocycles. The third-order valence-electron chi connectivity index (χ3n) is 6.63. The van der Waals surface area contributed by atoms with Crippen LogP contribution in [0.15, 0.2) is 48.5 Å². The van der Waals surface area contributed by atoms with E-state index in [2.05, 4.69) is 0 Å². The van der Waals surface area contributed by atoms with Crippen molar-refractivity contribution in [3.8, 4) is 0 Å². The molecule has 5 rings (SSSR count). The van der Waals surface area contributed by atoms with E-state index in [-0.39, 0.29) is 11.9 Å². The highest BCUT2D eigenvalue weighted by Gasteiger charge is 2.41. The molecule has 3 saturated heterocycles. The van der Waals surface area contributed by atoms with E-state index in [4.69, 9.17) is 21.1 Å². The smallest absolute Gasteiger partial charge is 0.324 e. The first-order valence-electron chi connectivity index (χ1n) is 11.5. The number of carbonyl (C=O) groups excluding carboxylic acids is 2. The summed E-state index contributed by atoms with van der Waals surface area (Å²) in [5.74, 6) is -0.529. The van der Waals surface area contributed by atoms with E-state index in [1.807, 2.05) is 58.3 Å².